The highest BCUT2D eigenvalue weighted by Crippen LogP contribution is 2.39. The smallest absolute Gasteiger partial charge is 0.356 e. The SMILES string of the molecule is CC(CCl)CCCNC(=O)C1CCC(C(F)(F)F)CC1. The molecule has 1 aliphatic rings. The van der Waals surface area contributed by atoms with Gasteiger partial charge in [0, 0.05) is 18.3 Å². The van der Waals surface area contributed by atoms with Gasteiger partial charge in [-0.15, -0.1) is 11.6 Å². The molecule has 1 N–H and O–H groups in total. The van der Waals surface area contributed by atoms with Crippen molar-refractivity contribution in [3.63, 3.8) is 0 Å². The van der Waals surface area contributed by atoms with Gasteiger partial charge in [0.05, 0.1) is 5.92 Å². The summed E-state index contributed by atoms with van der Waals surface area (Å²) in [6, 6.07) is 0. The Bertz CT molecular complexity index is 301. The Kier molecular flexibility index (Phi) is 7.13. The number of halogens is 4. The predicted octanol–water partition coefficient (Wildman–Crippen LogP) is 4.13. The average molecular weight is 314 g/mol. The quantitative estimate of drug-likeness (QED) is 0.580. The van der Waals surface area contributed by atoms with Gasteiger partial charge in [-0.3, -0.25) is 4.79 Å². The first-order valence-corrected chi connectivity index (χ1v) is 7.78. The lowest BCUT2D eigenvalue weighted by molar-refractivity contribution is -0.184. The van der Waals surface area contributed by atoms with Crippen LogP contribution in [0.3, 0.4) is 0 Å². The molecule has 1 saturated carbocycles. The molecule has 118 valence electrons. The fourth-order valence-corrected chi connectivity index (χ4v) is 2.72. The standard InChI is InChI=1S/C14H23ClF3NO/c1-10(9-15)3-2-8-19-13(20)11-4-6-12(7-5-11)14(16,17)18/h10-12H,2-9H2,1H3,(H,19,20). The first-order valence-electron chi connectivity index (χ1n) is 7.25. The van der Waals surface area contributed by atoms with Crippen molar-refractivity contribution in [3.8, 4) is 0 Å². The van der Waals surface area contributed by atoms with E-state index in [0.29, 0.717) is 31.2 Å². The molecule has 0 heterocycles. The Balaban J connectivity index is 2.19. The second-order valence-corrected chi connectivity index (χ2v) is 6.09. The summed E-state index contributed by atoms with van der Waals surface area (Å²) in [4.78, 5) is 11.9. The van der Waals surface area contributed by atoms with Gasteiger partial charge < -0.3 is 5.32 Å². The van der Waals surface area contributed by atoms with Crippen molar-refractivity contribution < 1.29 is 18.0 Å². The zero-order chi connectivity index (χ0) is 15.2. The minimum atomic E-state index is -4.11. The number of carbonyl (C=O) groups excluding carboxylic acids is 1. The van der Waals surface area contributed by atoms with Crippen molar-refractivity contribution in [2.75, 3.05) is 12.4 Å². The van der Waals surface area contributed by atoms with Crippen LogP contribution in [0.2, 0.25) is 0 Å². The molecular formula is C14H23ClF3NO. The molecule has 0 radical (unpaired) electrons. The van der Waals surface area contributed by atoms with Crippen LogP contribution in [-0.2, 0) is 4.79 Å². The van der Waals surface area contributed by atoms with Gasteiger partial charge in [-0.05, 0) is 44.4 Å². The summed E-state index contributed by atoms with van der Waals surface area (Å²) in [5.74, 6) is -0.537. The molecule has 0 bridgehead atoms. The highest BCUT2D eigenvalue weighted by molar-refractivity contribution is 6.18. The van der Waals surface area contributed by atoms with Crippen LogP contribution in [0, 0.1) is 17.8 Å². The van der Waals surface area contributed by atoms with Crippen LogP contribution in [0.1, 0.15) is 45.4 Å². The van der Waals surface area contributed by atoms with E-state index in [2.05, 4.69) is 5.32 Å². The van der Waals surface area contributed by atoms with Gasteiger partial charge >= 0.3 is 6.18 Å². The van der Waals surface area contributed by atoms with E-state index in [1.54, 1.807) is 0 Å². The predicted molar refractivity (Wildman–Crippen MR) is 73.6 cm³/mol. The lowest BCUT2D eigenvalue weighted by Gasteiger charge is -2.29. The number of alkyl halides is 4. The summed E-state index contributed by atoms with van der Waals surface area (Å²) in [7, 11) is 0. The minimum absolute atomic E-state index is 0.0743. The maximum absolute atomic E-state index is 12.5. The Labute approximate surface area is 123 Å². The fraction of sp³-hybridized carbons (Fsp3) is 0.929. The Morgan fingerprint density at radius 3 is 2.40 bits per heavy atom. The van der Waals surface area contributed by atoms with Crippen LogP contribution in [0.5, 0.6) is 0 Å². The van der Waals surface area contributed by atoms with Crippen LogP contribution in [-0.4, -0.2) is 24.5 Å². The van der Waals surface area contributed by atoms with Gasteiger partial charge in [0.1, 0.15) is 0 Å². The van der Waals surface area contributed by atoms with E-state index < -0.39 is 12.1 Å². The van der Waals surface area contributed by atoms with Crippen LogP contribution in [0.25, 0.3) is 0 Å². The molecule has 0 aromatic rings. The van der Waals surface area contributed by atoms with E-state index >= 15 is 0 Å². The fourth-order valence-electron chi connectivity index (χ4n) is 2.57. The molecule has 1 unspecified atom stereocenters. The van der Waals surface area contributed by atoms with Gasteiger partial charge in [0.15, 0.2) is 0 Å². The molecule has 0 aliphatic heterocycles. The molecule has 0 aromatic heterocycles. The average Bonchev–Trinajstić information content (AvgIpc) is 2.42. The maximum atomic E-state index is 12.5. The number of amides is 1. The summed E-state index contributed by atoms with van der Waals surface area (Å²) >= 11 is 5.69. The summed E-state index contributed by atoms with van der Waals surface area (Å²) in [6.45, 7) is 2.63. The van der Waals surface area contributed by atoms with Gasteiger partial charge in [-0.2, -0.15) is 13.2 Å². The molecular weight excluding hydrogens is 291 g/mol. The number of rotatable bonds is 6. The molecule has 1 rings (SSSR count). The van der Waals surface area contributed by atoms with Gasteiger partial charge in [0.2, 0.25) is 5.91 Å². The first-order chi connectivity index (χ1) is 9.34. The number of hydrogen-bond donors (Lipinski definition) is 1. The zero-order valence-corrected chi connectivity index (χ0v) is 12.6. The second kappa shape index (κ2) is 8.11. The van der Waals surface area contributed by atoms with Gasteiger partial charge in [0.25, 0.3) is 0 Å². The van der Waals surface area contributed by atoms with E-state index in [1.165, 1.54) is 0 Å². The molecule has 1 amide bonds. The van der Waals surface area contributed by atoms with Crippen LogP contribution >= 0.6 is 11.6 Å². The maximum Gasteiger partial charge on any atom is 0.391 e. The molecule has 6 heteroatoms. The highest BCUT2D eigenvalue weighted by atomic mass is 35.5. The van der Waals surface area contributed by atoms with E-state index in [9.17, 15) is 18.0 Å². The van der Waals surface area contributed by atoms with Crippen molar-refractivity contribution in [1.82, 2.24) is 5.32 Å². The minimum Gasteiger partial charge on any atom is -0.356 e. The monoisotopic (exact) mass is 313 g/mol. The van der Waals surface area contributed by atoms with Crippen LogP contribution in [0.4, 0.5) is 13.2 Å². The van der Waals surface area contributed by atoms with Gasteiger partial charge in [-0.1, -0.05) is 6.92 Å². The normalized spacial score (nSPS) is 25.2. The Morgan fingerprint density at radius 2 is 1.90 bits per heavy atom. The van der Waals surface area contributed by atoms with E-state index in [-0.39, 0.29) is 24.7 Å². The second-order valence-electron chi connectivity index (χ2n) is 5.78. The molecule has 1 atom stereocenters. The molecule has 20 heavy (non-hydrogen) atoms. The summed E-state index contributed by atoms with van der Waals surface area (Å²) in [5.41, 5.74) is 0. The van der Waals surface area contributed by atoms with E-state index in [0.717, 1.165) is 12.8 Å². The summed E-state index contributed by atoms with van der Waals surface area (Å²) < 4.78 is 37.5. The van der Waals surface area contributed by atoms with Crippen molar-refractivity contribution in [2.45, 2.75) is 51.6 Å². The largest absolute Gasteiger partial charge is 0.391 e. The van der Waals surface area contributed by atoms with E-state index in [4.69, 9.17) is 11.6 Å². The van der Waals surface area contributed by atoms with Gasteiger partial charge in [-0.25, -0.2) is 0 Å². The molecule has 0 aromatic carbocycles. The number of carbonyl (C=O) groups is 1. The summed E-state index contributed by atoms with van der Waals surface area (Å²) in [5, 5.41) is 2.82. The molecule has 2 nitrogen and oxygen atoms in total. The molecule has 0 spiro atoms. The topological polar surface area (TPSA) is 29.1 Å². The third-order valence-corrected chi connectivity index (χ3v) is 4.52. The highest BCUT2D eigenvalue weighted by Gasteiger charge is 2.42. The first kappa shape index (κ1) is 17.6. The molecule has 1 fully saturated rings. The van der Waals surface area contributed by atoms with Crippen molar-refractivity contribution in [2.24, 2.45) is 17.8 Å². The Morgan fingerprint density at radius 1 is 1.30 bits per heavy atom. The number of hydrogen-bond acceptors (Lipinski definition) is 1. The van der Waals surface area contributed by atoms with Crippen LogP contribution in [0.15, 0.2) is 0 Å². The van der Waals surface area contributed by atoms with Crippen molar-refractivity contribution in [1.29, 1.82) is 0 Å². The third kappa shape index (κ3) is 5.90. The lowest BCUT2D eigenvalue weighted by Crippen LogP contribution is -2.36. The summed E-state index contributed by atoms with van der Waals surface area (Å²) in [6.07, 6.45) is -1.47. The Hall–Kier alpha value is -0.450. The zero-order valence-electron chi connectivity index (χ0n) is 11.8. The third-order valence-electron chi connectivity index (χ3n) is 4.00. The molecule has 0 saturated heterocycles. The van der Waals surface area contributed by atoms with E-state index in [1.807, 2.05) is 6.92 Å². The van der Waals surface area contributed by atoms with Crippen LogP contribution < -0.4 is 5.32 Å². The van der Waals surface area contributed by atoms with Crippen molar-refractivity contribution in [3.05, 3.63) is 0 Å². The lowest BCUT2D eigenvalue weighted by atomic mass is 9.81. The van der Waals surface area contributed by atoms with Crippen molar-refractivity contribution >= 4 is 17.5 Å². The number of nitrogens with one attached hydrogen (secondary N) is 1. The molecule has 1 aliphatic carbocycles.